The van der Waals surface area contributed by atoms with Crippen molar-refractivity contribution in [3.05, 3.63) is 69.6 Å². The summed E-state index contributed by atoms with van der Waals surface area (Å²) in [5.74, 6) is 0.810. The molecule has 1 spiro atoms. The van der Waals surface area contributed by atoms with Gasteiger partial charge in [-0.3, -0.25) is 0 Å². The fourth-order valence-corrected chi connectivity index (χ4v) is 6.40. The number of ether oxygens (including phenoxy) is 2. The molecular weight excluding hydrogens is 449 g/mol. The number of hydrogen-bond donors (Lipinski definition) is 0. The van der Waals surface area contributed by atoms with Crippen molar-refractivity contribution < 1.29 is 14.3 Å². The van der Waals surface area contributed by atoms with Gasteiger partial charge in [0, 0.05) is 0 Å². The standard InChI is InChI=1S/C19H16BrNO3Se/c1-23-15-9-7-14(8-10-15)21-17(13-5-3-2-4-6-13)19(18(21)22)24-12-16(11-20)25-19/h2-11,17H,12H2,1H3/b16-11+/t17-,19+/m1/s1. The number of nitrogens with zero attached hydrogens (tertiary/aromatic N) is 1. The fraction of sp³-hybridized carbons (Fsp3) is 0.211. The van der Waals surface area contributed by atoms with E-state index in [-0.39, 0.29) is 26.9 Å². The second-order valence-electron chi connectivity index (χ2n) is 5.82. The normalized spacial score (nSPS) is 27.0. The zero-order valence-corrected chi connectivity index (χ0v) is 16.8. The number of anilines is 1. The molecule has 0 saturated carbocycles. The van der Waals surface area contributed by atoms with Crippen LogP contribution in [0.2, 0.25) is 0 Å². The van der Waals surface area contributed by atoms with E-state index in [4.69, 9.17) is 9.47 Å². The molecule has 1 amide bonds. The van der Waals surface area contributed by atoms with Crippen LogP contribution in [0.5, 0.6) is 5.75 Å². The third-order valence-corrected chi connectivity index (χ3v) is 8.43. The Morgan fingerprint density at radius 3 is 2.56 bits per heavy atom. The first-order valence-electron chi connectivity index (χ1n) is 7.84. The second-order valence-corrected chi connectivity index (χ2v) is 9.08. The molecule has 2 aliphatic rings. The van der Waals surface area contributed by atoms with Crippen LogP contribution in [-0.4, -0.2) is 39.1 Å². The Balaban J connectivity index is 1.75. The first kappa shape index (κ1) is 16.9. The van der Waals surface area contributed by atoms with Crippen molar-refractivity contribution in [2.24, 2.45) is 0 Å². The van der Waals surface area contributed by atoms with E-state index in [0.29, 0.717) is 6.61 Å². The van der Waals surface area contributed by atoms with Crippen molar-refractivity contribution in [2.75, 3.05) is 18.6 Å². The Labute approximate surface area is 161 Å². The van der Waals surface area contributed by atoms with Gasteiger partial charge in [0.15, 0.2) is 0 Å². The van der Waals surface area contributed by atoms with Gasteiger partial charge in [-0.25, -0.2) is 0 Å². The summed E-state index contributed by atoms with van der Waals surface area (Å²) >= 11 is 3.34. The summed E-state index contributed by atoms with van der Waals surface area (Å²) in [5.41, 5.74) is 1.96. The van der Waals surface area contributed by atoms with E-state index in [1.54, 1.807) is 7.11 Å². The third kappa shape index (κ3) is 2.64. The molecule has 0 bridgehead atoms. The van der Waals surface area contributed by atoms with Gasteiger partial charge in [0.2, 0.25) is 0 Å². The van der Waals surface area contributed by atoms with Gasteiger partial charge in [0.05, 0.1) is 0 Å². The monoisotopic (exact) mass is 465 g/mol. The molecule has 0 aromatic heterocycles. The van der Waals surface area contributed by atoms with E-state index >= 15 is 0 Å². The number of β-lactam (4-membered cyclic amide) rings is 1. The molecule has 2 aromatic rings. The summed E-state index contributed by atoms with van der Waals surface area (Å²) in [4.78, 5) is 16.9. The molecule has 2 atom stereocenters. The quantitative estimate of drug-likeness (QED) is 0.515. The zero-order chi connectivity index (χ0) is 17.4. The molecule has 2 aliphatic heterocycles. The molecule has 0 N–H and O–H groups in total. The summed E-state index contributed by atoms with van der Waals surface area (Å²) in [6.07, 6.45) is 0. The molecule has 6 heteroatoms. The van der Waals surface area contributed by atoms with Gasteiger partial charge in [-0.2, -0.15) is 0 Å². The van der Waals surface area contributed by atoms with Gasteiger partial charge >= 0.3 is 161 Å². The van der Waals surface area contributed by atoms with Gasteiger partial charge in [0.25, 0.3) is 0 Å². The molecule has 4 nitrogen and oxygen atoms in total. The number of benzene rings is 2. The Morgan fingerprint density at radius 2 is 1.96 bits per heavy atom. The van der Waals surface area contributed by atoms with E-state index in [1.807, 2.05) is 52.3 Å². The molecule has 2 aromatic carbocycles. The number of hydrogen-bond acceptors (Lipinski definition) is 3. The van der Waals surface area contributed by atoms with Gasteiger partial charge in [-0.1, -0.05) is 0 Å². The number of carbonyl (C=O) groups excluding carboxylic acids is 1. The first-order chi connectivity index (χ1) is 12.2. The van der Waals surface area contributed by atoms with Crippen LogP contribution in [0.3, 0.4) is 0 Å². The topological polar surface area (TPSA) is 38.8 Å². The number of rotatable bonds is 3. The van der Waals surface area contributed by atoms with E-state index in [9.17, 15) is 4.79 Å². The molecule has 4 rings (SSSR count). The summed E-state index contributed by atoms with van der Waals surface area (Å²) in [7, 11) is 1.63. The SMILES string of the molecule is COc1ccc(N2C(=O)[C@]3(OC/C(=C\Br)[Se]3)[C@H]2c2ccccc2)cc1. The second kappa shape index (κ2) is 6.61. The Kier molecular flexibility index (Phi) is 4.46. The molecule has 0 aliphatic carbocycles. The zero-order valence-electron chi connectivity index (χ0n) is 13.5. The Morgan fingerprint density at radius 1 is 1.24 bits per heavy atom. The molecule has 2 heterocycles. The first-order valence-corrected chi connectivity index (χ1v) is 10.5. The van der Waals surface area contributed by atoms with E-state index in [0.717, 1.165) is 21.5 Å². The van der Waals surface area contributed by atoms with Crippen molar-refractivity contribution in [1.82, 2.24) is 0 Å². The minimum absolute atomic E-state index is 0.0378. The summed E-state index contributed by atoms with van der Waals surface area (Å²) in [6, 6.07) is 17.6. The van der Waals surface area contributed by atoms with Crippen molar-refractivity contribution in [3.63, 3.8) is 0 Å². The van der Waals surface area contributed by atoms with Crippen LogP contribution in [0.1, 0.15) is 11.6 Å². The summed E-state index contributed by atoms with van der Waals surface area (Å²) in [6.45, 7) is 0.511. The Hall–Kier alpha value is -1.59. The molecule has 2 fully saturated rings. The van der Waals surface area contributed by atoms with Crippen LogP contribution in [0, 0.1) is 0 Å². The number of methoxy groups -OCH3 is 1. The fourth-order valence-electron chi connectivity index (χ4n) is 3.24. The van der Waals surface area contributed by atoms with Gasteiger partial charge in [-0.15, -0.1) is 0 Å². The van der Waals surface area contributed by atoms with Crippen molar-refractivity contribution in [3.8, 4) is 5.75 Å². The average molecular weight is 465 g/mol. The molecule has 128 valence electrons. The number of halogens is 1. The molecular formula is C19H16BrNO3Se. The molecule has 25 heavy (non-hydrogen) atoms. The maximum atomic E-state index is 13.1. The van der Waals surface area contributed by atoms with Crippen molar-refractivity contribution in [2.45, 2.75) is 10.5 Å². The van der Waals surface area contributed by atoms with Crippen LogP contribution in [0.25, 0.3) is 0 Å². The molecule has 2 saturated heterocycles. The van der Waals surface area contributed by atoms with Gasteiger partial charge in [-0.05, 0) is 0 Å². The van der Waals surface area contributed by atoms with Crippen LogP contribution < -0.4 is 9.64 Å². The van der Waals surface area contributed by atoms with E-state index < -0.39 is 4.50 Å². The van der Waals surface area contributed by atoms with E-state index in [1.165, 1.54) is 0 Å². The van der Waals surface area contributed by atoms with Crippen LogP contribution in [-0.2, 0) is 9.53 Å². The number of amides is 1. The predicted molar refractivity (Wildman–Crippen MR) is 101 cm³/mol. The molecule has 0 radical (unpaired) electrons. The van der Waals surface area contributed by atoms with Crippen LogP contribution >= 0.6 is 15.9 Å². The average Bonchev–Trinajstić information content (AvgIpc) is 3.13. The summed E-state index contributed by atoms with van der Waals surface area (Å²) < 4.78 is 11.7. The minimum atomic E-state index is -0.742. The summed E-state index contributed by atoms with van der Waals surface area (Å²) in [5, 5.41) is 0. The van der Waals surface area contributed by atoms with Gasteiger partial charge in [0.1, 0.15) is 0 Å². The van der Waals surface area contributed by atoms with E-state index in [2.05, 4.69) is 28.1 Å². The predicted octanol–water partition coefficient (Wildman–Crippen LogP) is 3.45. The Bertz CT molecular complexity index is 824. The molecule has 0 unspecified atom stereocenters. The number of carbonyl (C=O) groups is 1. The van der Waals surface area contributed by atoms with Crippen molar-refractivity contribution >= 4 is 42.5 Å². The van der Waals surface area contributed by atoms with Crippen LogP contribution in [0.4, 0.5) is 5.69 Å². The van der Waals surface area contributed by atoms with Gasteiger partial charge < -0.3 is 0 Å². The maximum absolute atomic E-state index is 13.1. The van der Waals surface area contributed by atoms with Crippen molar-refractivity contribution in [1.29, 1.82) is 0 Å². The van der Waals surface area contributed by atoms with Crippen LogP contribution in [0.15, 0.2) is 64.1 Å². The third-order valence-electron chi connectivity index (χ3n) is 4.43.